The number of carbonyl (C=O) groups excluding carboxylic acids is 2. The van der Waals surface area contributed by atoms with Gasteiger partial charge >= 0.3 is 0 Å². The van der Waals surface area contributed by atoms with Crippen molar-refractivity contribution < 1.29 is 14.3 Å². The number of anilines is 1. The third-order valence-electron chi connectivity index (χ3n) is 5.24. The molecule has 1 aromatic rings. The molecule has 4 unspecified atom stereocenters. The van der Waals surface area contributed by atoms with Gasteiger partial charge in [-0.1, -0.05) is 6.07 Å². The third kappa shape index (κ3) is 1.42. The Morgan fingerprint density at radius 1 is 1.10 bits per heavy atom. The van der Waals surface area contributed by atoms with E-state index in [1.807, 2.05) is 12.1 Å². The zero-order chi connectivity index (χ0) is 13.9. The lowest BCUT2D eigenvalue weighted by Gasteiger charge is -2.19. The molecule has 104 valence electrons. The van der Waals surface area contributed by atoms with Crippen molar-refractivity contribution in [3.8, 4) is 5.75 Å². The van der Waals surface area contributed by atoms with Crippen LogP contribution in [-0.4, -0.2) is 18.9 Å². The Labute approximate surface area is 117 Å². The molecule has 0 aromatic heterocycles. The maximum absolute atomic E-state index is 12.7. The highest BCUT2D eigenvalue weighted by atomic mass is 16.5. The molecule has 1 aliphatic heterocycles. The lowest BCUT2D eigenvalue weighted by Crippen LogP contribution is -2.32. The highest BCUT2D eigenvalue weighted by Crippen LogP contribution is 2.56. The Kier molecular flexibility index (Phi) is 2.43. The Bertz CT molecular complexity index is 569. The van der Waals surface area contributed by atoms with E-state index in [1.165, 1.54) is 4.90 Å². The van der Waals surface area contributed by atoms with Crippen LogP contribution in [0, 0.1) is 23.7 Å². The van der Waals surface area contributed by atoms with Crippen molar-refractivity contribution in [2.75, 3.05) is 12.0 Å². The summed E-state index contributed by atoms with van der Waals surface area (Å²) in [6.45, 7) is 0. The van der Waals surface area contributed by atoms with Crippen LogP contribution in [0.5, 0.6) is 5.75 Å². The molecule has 2 aliphatic carbocycles. The monoisotopic (exact) mass is 271 g/mol. The molecular weight excluding hydrogens is 254 g/mol. The first-order valence-electron chi connectivity index (χ1n) is 7.22. The van der Waals surface area contributed by atoms with Crippen molar-refractivity contribution in [3.05, 3.63) is 24.3 Å². The number of hydrogen-bond acceptors (Lipinski definition) is 3. The van der Waals surface area contributed by atoms with Gasteiger partial charge in [0.1, 0.15) is 5.75 Å². The fraction of sp³-hybridized carbons (Fsp3) is 0.500. The smallest absolute Gasteiger partial charge is 0.237 e. The van der Waals surface area contributed by atoms with E-state index < -0.39 is 0 Å². The molecular formula is C16H17NO3. The fourth-order valence-corrected chi connectivity index (χ4v) is 4.41. The SMILES string of the molecule is COc1cccc(N2C(=O)C3C4CCC(C4)C3C2=O)c1. The number of amides is 2. The van der Waals surface area contributed by atoms with E-state index in [0.717, 1.165) is 19.3 Å². The summed E-state index contributed by atoms with van der Waals surface area (Å²) in [5, 5.41) is 0. The first-order chi connectivity index (χ1) is 9.70. The van der Waals surface area contributed by atoms with E-state index >= 15 is 0 Å². The second kappa shape index (κ2) is 4.08. The summed E-state index contributed by atoms with van der Waals surface area (Å²) in [6.07, 6.45) is 3.28. The van der Waals surface area contributed by atoms with Gasteiger partial charge in [-0.25, -0.2) is 4.90 Å². The van der Waals surface area contributed by atoms with Crippen molar-refractivity contribution in [1.82, 2.24) is 0 Å². The fourth-order valence-electron chi connectivity index (χ4n) is 4.41. The van der Waals surface area contributed by atoms with Crippen LogP contribution in [0.3, 0.4) is 0 Å². The second-order valence-corrected chi connectivity index (χ2v) is 6.10. The number of methoxy groups -OCH3 is 1. The maximum atomic E-state index is 12.7. The number of imide groups is 1. The highest BCUT2D eigenvalue weighted by molar-refractivity contribution is 6.22. The summed E-state index contributed by atoms with van der Waals surface area (Å²) < 4.78 is 5.18. The molecule has 2 saturated carbocycles. The minimum atomic E-state index is -0.0625. The van der Waals surface area contributed by atoms with Gasteiger partial charge in [0.15, 0.2) is 0 Å². The van der Waals surface area contributed by atoms with Crippen LogP contribution < -0.4 is 9.64 Å². The van der Waals surface area contributed by atoms with Gasteiger partial charge in [-0.2, -0.15) is 0 Å². The number of rotatable bonds is 2. The predicted molar refractivity (Wildman–Crippen MR) is 73.3 cm³/mol. The number of hydrogen-bond donors (Lipinski definition) is 0. The molecule has 20 heavy (non-hydrogen) atoms. The van der Waals surface area contributed by atoms with Gasteiger partial charge in [0.25, 0.3) is 0 Å². The first-order valence-corrected chi connectivity index (χ1v) is 7.22. The minimum absolute atomic E-state index is 0.000420. The van der Waals surface area contributed by atoms with Crippen molar-refractivity contribution in [3.63, 3.8) is 0 Å². The summed E-state index contributed by atoms with van der Waals surface area (Å²) in [6, 6.07) is 7.20. The molecule has 1 aromatic carbocycles. The minimum Gasteiger partial charge on any atom is -0.497 e. The molecule has 0 N–H and O–H groups in total. The Morgan fingerprint density at radius 2 is 1.75 bits per heavy atom. The maximum Gasteiger partial charge on any atom is 0.237 e. The van der Waals surface area contributed by atoms with Crippen LogP contribution in [0.2, 0.25) is 0 Å². The van der Waals surface area contributed by atoms with Gasteiger partial charge in [-0.15, -0.1) is 0 Å². The summed E-state index contributed by atoms with van der Waals surface area (Å²) >= 11 is 0. The van der Waals surface area contributed by atoms with E-state index in [9.17, 15) is 9.59 Å². The standard InChI is InChI=1S/C16H17NO3/c1-20-12-4-2-3-11(8-12)17-15(18)13-9-5-6-10(7-9)14(13)16(17)19/h2-4,8-10,13-14H,5-7H2,1H3. The molecule has 3 fully saturated rings. The molecule has 4 atom stereocenters. The lowest BCUT2D eigenvalue weighted by atomic mass is 9.81. The Hall–Kier alpha value is -1.84. The highest BCUT2D eigenvalue weighted by Gasteiger charge is 2.61. The average molecular weight is 271 g/mol. The molecule has 0 radical (unpaired) electrons. The molecule has 2 bridgehead atoms. The van der Waals surface area contributed by atoms with Crippen molar-refractivity contribution in [2.45, 2.75) is 19.3 Å². The zero-order valence-electron chi connectivity index (χ0n) is 11.4. The lowest BCUT2D eigenvalue weighted by molar-refractivity contribution is -0.123. The molecule has 2 amide bonds. The van der Waals surface area contributed by atoms with Gasteiger partial charge < -0.3 is 4.74 Å². The molecule has 4 heteroatoms. The van der Waals surface area contributed by atoms with Crippen molar-refractivity contribution in [1.29, 1.82) is 0 Å². The number of nitrogens with zero attached hydrogens (tertiary/aromatic N) is 1. The number of ether oxygens (including phenoxy) is 1. The Balaban J connectivity index is 1.73. The number of carbonyl (C=O) groups is 2. The van der Waals surface area contributed by atoms with Gasteiger partial charge in [0.2, 0.25) is 11.8 Å². The third-order valence-corrected chi connectivity index (χ3v) is 5.24. The van der Waals surface area contributed by atoms with Crippen molar-refractivity contribution >= 4 is 17.5 Å². The zero-order valence-corrected chi connectivity index (χ0v) is 11.4. The van der Waals surface area contributed by atoms with Gasteiger partial charge in [0.05, 0.1) is 24.6 Å². The van der Waals surface area contributed by atoms with Crippen LogP contribution in [0.25, 0.3) is 0 Å². The topological polar surface area (TPSA) is 46.6 Å². The van der Waals surface area contributed by atoms with Gasteiger partial charge in [-0.05, 0) is 43.2 Å². The van der Waals surface area contributed by atoms with E-state index in [0.29, 0.717) is 23.3 Å². The van der Waals surface area contributed by atoms with Crippen LogP contribution in [0.4, 0.5) is 5.69 Å². The number of fused-ring (bicyclic) bond motifs is 5. The molecule has 4 nitrogen and oxygen atoms in total. The van der Waals surface area contributed by atoms with Crippen LogP contribution >= 0.6 is 0 Å². The Morgan fingerprint density at radius 3 is 2.35 bits per heavy atom. The summed E-state index contributed by atoms with van der Waals surface area (Å²) in [5.74, 6) is 1.40. The van der Waals surface area contributed by atoms with E-state index in [-0.39, 0.29) is 23.7 Å². The molecule has 1 heterocycles. The summed E-state index contributed by atoms with van der Waals surface area (Å²) in [4.78, 5) is 26.7. The normalized spacial score (nSPS) is 34.8. The molecule has 3 aliphatic rings. The summed E-state index contributed by atoms with van der Waals surface area (Å²) in [7, 11) is 1.59. The van der Waals surface area contributed by atoms with E-state index in [2.05, 4.69) is 0 Å². The first kappa shape index (κ1) is 11.9. The van der Waals surface area contributed by atoms with Crippen molar-refractivity contribution in [2.24, 2.45) is 23.7 Å². The van der Waals surface area contributed by atoms with Gasteiger partial charge in [0, 0.05) is 6.07 Å². The van der Waals surface area contributed by atoms with Crippen LogP contribution in [0.1, 0.15) is 19.3 Å². The predicted octanol–water partition coefficient (Wildman–Crippen LogP) is 2.23. The van der Waals surface area contributed by atoms with E-state index in [4.69, 9.17) is 4.74 Å². The molecule has 4 rings (SSSR count). The van der Waals surface area contributed by atoms with Crippen LogP contribution in [-0.2, 0) is 9.59 Å². The molecule has 1 saturated heterocycles. The van der Waals surface area contributed by atoms with E-state index in [1.54, 1.807) is 19.2 Å². The largest absolute Gasteiger partial charge is 0.497 e. The van der Waals surface area contributed by atoms with Gasteiger partial charge in [-0.3, -0.25) is 9.59 Å². The average Bonchev–Trinajstić information content (AvgIpc) is 3.13. The quantitative estimate of drug-likeness (QED) is 0.775. The second-order valence-electron chi connectivity index (χ2n) is 6.10. The van der Waals surface area contributed by atoms with Crippen LogP contribution in [0.15, 0.2) is 24.3 Å². The molecule has 0 spiro atoms. The number of benzene rings is 1. The summed E-state index contributed by atoms with van der Waals surface area (Å²) in [5.41, 5.74) is 0.646.